The van der Waals surface area contributed by atoms with Crippen LogP contribution in [0.2, 0.25) is 0 Å². The summed E-state index contributed by atoms with van der Waals surface area (Å²) in [5, 5.41) is 0. The molecule has 2 nitrogen and oxygen atoms in total. The fourth-order valence-electron chi connectivity index (χ4n) is 2.82. The molecule has 2 aliphatic rings. The van der Waals surface area contributed by atoms with E-state index in [0.717, 1.165) is 18.7 Å². The molecule has 0 bridgehead atoms. The monoisotopic (exact) mass is 257 g/mol. The zero-order valence-corrected chi connectivity index (χ0v) is 10.9. The third-order valence-electron chi connectivity index (χ3n) is 3.90. The Balaban J connectivity index is 2.05. The molecule has 1 aliphatic heterocycles. The van der Waals surface area contributed by atoms with Gasteiger partial charge in [0, 0.05) is 5.56 Å². The second kappa shape index (κ2) is 4.72. The van der Waals surface area contributed by atoms with Crippen molar-refractivity contribution in [3.8, 4) is 0 Å². The molecule has 1 aromatic carbocycles. The maximum absolute atomic E-state index is 13.1. The molecule has 0 radical (unpaired) electrons. The lowest BCUT2D eigenvalue weighted by atomic mass is 9.93. The number of benzene rings is 1. The van der Waals surface area contributed by atoms with Crippen molar-refractivity contribution in [2.75, 3.05) is 6.54 Å². The molecule has 0 amide bonds. The molecule has 0 atom stereocenters. The van der Waals surface area contributed by atoms with Gasteiger partial charge in [0.05, 0.1) is 17.8 Å². The van der Waals surface area contributed by atoms with Crippen LogP contribution in [0.1, 0.15) is 42.1 Å². The summed E-state index contributed by atoms with van der Waals surface area (Å²) in [5.41, 5.74) is 4.22. The van der Waals surface area contributed by atoms with E-state index < -0.39 is 6.04 Å². The molecule has 3 rings (SSSR count). The Hall–Kier alpha value is -1.77. The van der Waals surface area contributed by atoms with Crippen LogP contribution in [0.4, 0.5) is 4.39 Å². The van der Waals surface area contributed by atoms with E-state index in [2.05, 4.69) is 11.9 Å². The van der Waals surface area contributed by atoms with Crippen molar-refractivity contribution in [2.45, 2.75) is 26.2 Å². The highest BCUT2D eigenvalue weighted by Gasteiger charge is 2.32. The van der Waals surface area contributed by atoms with Crippen molar-refractivity contribution in [3.63, 3.8) is 0 Å². The van der Waals surface area contributed by atoms with Gasteiger partial charge < -0.3 is 0 Å². The van der Waals surface area contributed by atoms with E-state index in [1.54, 1.807) is 12.1 Å². The van der Waals surface area contributed by atoms with E-state index in [0.29, 0.717) is 11.5 Å². The lowest BCUT2D eigenvalue weighted by molar-refractivity contribution is 0.0835. The first-order chi connectivity index (χ1) is 9.22. The average Bonchev–Trinajstić information content (AvgIpc) is 3.18. The highest BCUT2D eigenvalue weighted by Crippen LogP contribution is 2.41. The number of hydrogen-bond donors (Lipinski definition) is 0. The topological polar surface area (TPSA) is 29.4 Å². The van der Waals surface area contributed by atoms with Gasteiger partial charge in [0.25, 0.3) is 0 Å². The average molecular weight is 257 g/mol. The van der Waals surface area contributed by atoms with E-state index in [1.165, 1.54) is 30.1 Å². The minimum Gasteiger partial charge on any atom is -0.280 e. The highest BCUT2D eigenvalue weighted by atomic mass is 19.1. The Bertz CT molecular complexity index is 597. The largest absolute Gasteiger partial charge is 0.332 e. The molecule has 0 N–H and O–H groups in total. The standard InChI is InChI=1S/C16H16FNO/c1-2-11-14(10-7-8-10)9-18-15(11)12-5-3-4-6-13(12)16(17)19/h3-6,10H,2,7-9H2,1H3. The number of hydrogen-bond acceptors (Lipinski definition) is 2. The molecule has 1 heterocycles. The Morgan fingerprint density at radius 3 is 2.74 bits per heavy atom. The first-order valence-corrected chi connectivity index (χ1v) is 6.78. The van der Waals surface area contributed by atoms with Crippen molar-refractivity contribution >= 4 is 11.7 Å². The molecule has 1 aliphatic carbocycles. The van der Waals surface area contributed by atoms with Crippen molar-refractivity contribution < 1.29 is 9.18 Å². The van der Waals surface area contributed by atoms with Gasteiger partial charge in [-0.25, -0.2) is 0 Å². The lowest BCUT2D eigenvalue weighted by Crippen LogP contribution is -2.08. The second-order valence-corrected chi connectivity index (χ2v) is 5.12. The molecular weight excluding hydrogens is 241 g/mol. The van der Waals surface area contributed by atoms with Crippen molar-refractivity contribution in [1.29, 1.82) is 0 Å². The number of rotatable bonds is 4. The molecule has 0 aromatic heterocycles. The van der Waals surface area contributed by atoms with E-state index in [-0.39, 0.29) is 5.56 Å². The third-order valence-corrected chi connectivity index (χ3v) is 3.90. The van der Waals surface area contributed by atoms with Gasteiger partial charge in [-0.2, -0.15) is 4.39 Å². The minimum atomic E-state index is -1.38. The predicted octanol–water partition coefficient (Wildman–Crippen LogP) is 3.72. The van der Waals surface area contributed by atoms with Crippen LogP contribution in [0, 0.1) is 5.92 Å². The van der Waals surface area contributed by atoms with Crippen LogP contribution >= 0.6 is 0 Å². The summed E-state index contributed by atoms with van der Waals surface area (Å²) in [4.78, 5) is 15.7. The fraction of sp³-hybridized carbons (Fsp3) is 0.375. The summed E-state index contributed by atoms with van der Waals surface area (Å²) in [7, 11) is 0. The minimum absolute atomic E-state index is 0.129. The van der Waals surface area contributed by atoms with Crippen molar-refractivity contribution in [3.05, 3.63) is 46.5 Å². The number of carbonyl (C=O) groups is 1. The summed E-state index contributed by atoms with van der Waals surface area (Å²) < 4.78 is 13.1. The molecule has 98 valence electrons. The lowest BCUT2D eigenvalue weighted by Gasteiger charge is -2.09. The number of allylic oxidation sites excluding steroid dienone is 1. The van der Waals surface area contributed by atoms with Crippen LogP contribution in [0.25, 0.3) is 0 Å². The Morgan fingerprint density at radius 1 is 1.37 bits per heavy atom. The number of halogens is 1. The number of nitrogens with zero attached hydrogens (tertiary/aromatic N) is 1. The second-order valence-electron chi connectivity index (χ2n) is 5.12. The van der Waals surface area contributed by atoms with Crippen LogP contribution < -0.4 is 0 Å². The van der Waals surface area contributed by atoms with Gasteiger partial charge >= 0.3 is 6.04 Å². The number of aliphatic imine (C=N–C) groups is 1. The predicted molar refractivity (Wildman–Crippen MR) is 73.3 cm³/mol. The molecule has 3 heteroatoms. The normalized spacial score (nSPS) is 18.7. The van der Waals surface area contributed by atoms with E-state index >= 15 is 0 Å². The summed E-state index contributed by atoms with van der Waals surface area (Å²) in [6, 6.07) is 5.45. The van der Waals surface area contributed by atoms with Gasteiger partial charge in [-0.15, -0.1) is 0 Å². The first kappa shape index (κ1) is 12.3. The van der Waals surface area contributed by atoms with Crippen molar-refractivity contribution in [2.24, 2.45) is 10.9 Å². The Labute approximate surface area is 112 Å². The van der Waals surface area contributed by atoms with Crippen LogP contribution in [-0.2, 0) is 0 Å². The summed E-state index contributed by atoms with van der Waals surface area (Å²) in [5.74, 6) is 0.671. The van der Waals surface area contributed by atoms with E-state index in [1.807, 2.05) is 6.07 Å². The van der Waals surface area contributed by atoms with Gasteiger partial charge in [-0.3, -0.25) is 9.79 Å². The quantitative estimate of drug-likeness (QED) is 0.756. The van der Waals surface area contributed by atoms with E-state index in [4.69, 9.17) is 0 Å². The maximum atomic E-state index is 13.1. The molecule has 1 saturated carbocycles. The van der Waals surface area contributed by atoms with Gasteiger partial charge in [0.2, 0.25) is 0 Å². The SMILES string of the molecule is CCC1=C(C2CC2)CN=C1c1ccccc1C(=O)F. The molecular formula is C16H16FNO. The van der Waals surface area contributed by atoms with Crippen LogP contribution in [0.5, 0.6) is 0 Å². The van der Waals surface area contributed by atoms with Gasteiger partial charge in [0.1, 0.15) is 0 Å². The Morgan fingerprint density at radius 2 is 2.11 bits per heavy atom. The molecule has 0 spiro atoms. The van der Waals surface area contributed by atoms with Crippen molar-refractivity contribution in [1.82, 2.24) is 0 Å². The molecule has 0 unspecified atom stereocenters. The smallest absolute Gasteiger partial charge is 0.280 e. The van der Waals surface area contributed by atoms with Crippen LogP contribution in [0.15, 0.2) is 40.4 Å². The molecule has 19 heavy (non-hydrogen) atoms. The summed E-state index contributed by atoms with van der Waals surface area (Å²) >= 11 is 0. The highest BCUT2D eigenvalue weighted by molar-refractivity contribution is 6.18. The first-order valence-electron chi connectivity index (χ1n) is 6.78. The molecule has 1 fully saturated rings. The zero-order chi connectivity index (χ0) is 13.4. The third kappa shape index (κ3) is 2.14. The maximum Gasteiger partial charge on any atom is 0.332 e. The van der Waals surface area contributed by atoms with Crippen LogP contribution in [0.3, 0.4) is 0 Å². The van der Waals surface area contributed by atoms with Gasteiger partial charge in [-0.05, 0) is 42.4 Å². The summed E-state index contributed by atoms with van der Waals surface area (Å²) in [6.45, 7) is 2.82. The zero-order valence-electron chi connectivity index (χ0n) is 10.9. The Kier molecular flexibility index (Phi) is 3.05. The van der Waals surface area contributed by atoms with Gasteiger partial charge in [0.15, 0.2) is 0 Å². The van der Waals surface area contributed by atoms with E-state index in [9.17, 15) is 9.18 Å². The molecule has 1 aromatic rings. The molecule has 0 saturated heterocycles. The summed E-state index contributed by atoms with van der Waals surface area (Å²) in [6.07, 6.45) is 3.37. The van der Waals surface area contributed by atoms with Gasteiger partial charge in [-0.1, -0.05) is 25.1 Å². The fourth-order valence-corrected chi connectivity index (χ4v) is 2.82. The van der Waals surface area contributed by atoms with Crippen LogP contribution in [-0.4, -0.2) is 18.3 Å². The number of carbonyl (C=O) groups excluding carboxylic acids is 1.